The Labute approximate surface area is 153 Å². The van der Waals surface area contributed by atoms with Gasteiger partial charge in [-0.3, -0.25) is 0 Å². The number of rotatable bonds is 7. The van der Waals surface area contributed by atoms with E-state index in [0.29, 0.717) is 18.2 Å². The third kappa shape index (κ3) is 4.91. The molecule has 0 spiro atoms. The first kappa shape index (κ1) is 17.2. The molecule has 0 aromatic heterocycles. The van der Waals surface area contributed by atoms with Gasteiger partial charge in [0.2, 0.25) is 0 Å². The molecular weight excluding hydrogens is 334 g/mol. The molecule has 3 aromatic rings. The predicted molar refractivity (Wildman–Crippen MR) is 103 cm³/mol. The lowest BCUT2D eigenvalue weighted by Gasteiger charge is -2.14. The molecule has 0 atom stereocenters. The van der Waals surface area contributed by atoms with Crippen LogP contribution in [0.5, 0.6) is 11.5 Å². The summed E-state index contributed by atoms with van der Waals surface area (Å²) in [6.45, 7) is 1.15. The van der Waals surface area contributed by atoms with Gasteiger partial charge >= 0.3 is 0 Å². The monoisotopic (exact) mass is 353 g/mol. The Morgan fingerprint density at radius 2 is 1.68 bits per heavy atom. The van der Waals surface area contributed by atoms with Gasteiger partial charge in [-0.05, 0) is 48.0 Å². The molecule has 25 heavy (non-hydrogen) atoms. The zero-order valence-electron chi connectivity index (χ0n) is 14.0. The van der Waals surface area contributed by atoms with Crippen molar-refractivity contribution < 1.29 is 9.47 Å². The molecule has 1 N–H and O–H groups in total. The van der Waals surface area contributed by atoms with Crippen LogP contribution in [-0.4, -0.2) is 7.11 Å². The fraction of sp³-hybridized carbons (Fsp3) is 0.143. The third-order valence-corrected chi connectivity index (χ3v) is 4.07. The Bertz CT molecular complexity index is 804. The van der Waals surface area contributed by atoms with Crippen LogP contribution in [-0.2, 0) is 13.2 Å². The summed E-state index contributed by atoms with van der Waals surface area (Å²) in [4.78, 5) is 0. The number of anilines is 1. The number of ether oxygens (including phenoxy) is 2. The van der Waals surface area contributed by atoms with Crippen molar-refractivity contribution in [1.29, 1.82) is 0 Å². The van der Waals surface area contributed by atoms with Gasteiger partial charge in [-0.15, -0.1) is 0 Å². The van der Waals surface area contributed by atoms with E-state index in [9.17, 15) is 0 Å². The van der Waals surface area contributed by atoms with Crippen LogP contribution >= 0.6 is 11.6 Å². The van der Waals surface area contributed by atoms with Crippen LogP contribution in [0.1, 0.15) is 11.1 Å². The zero-order chi connectivity index (χ0) is 17.5. The van der Waals surface area contributed by atoms with Crippen molar-refractivity contribution in [3.63, 3.8) is 0 Å². The molecule has 3 rings (SSSR count). The SMILES string of the molecule is COc1ccc(NCc2cc(Cl)ccc2OCc2ccccc2)cc1. The molecule has 0 aliphatic heterocycles. The second-order valence-electron chi connectivity index (χ2n) is 5.61. The number of methoxy groups -OCH3 is 1. The standard InChI is InChI=1S/C21H20ClNO2/c1-24-20-10-8-19(9-11-20)23-14-17-13-18(22)7-12-21(17)25-15-16-5-3-2-4-6-16/h2-13,23H,14-15H2,1H3. The lowest BCUT2D eigenvalue weighted by molar-refractivity contribution is 0.303. The summed E-state index contributed by atoms with van der Waals surface area (Å²) in [5.41, 5.74) is 3.15. The molecule has 3 aromatic carbocycles. The zero-order valence-corrected chi connectivity index (χ0v) is 14.8. The lowest BCUT2D eigenvalue weighted by Crippen LogP contribution is -2.04. The highest BCUT2D eigenvalue weighted by atomic mass is 35.5. The summed E-state index contributed by atoms with van der Waals surface area (Å²) in [7, 11) is 1.66. The van der Waals surface area contributed by atoms with Crippen LogP contribution in [0.3, 0.4) is 0 Å². The number of halogens is 1. The molecule has 128 valence electrons. The molecular formula is C21H20ClNO2. The second kappa shape index (κ2) is 8.45. The molecule has 0 amide bonds. The third-order valence-electron chi connectivity index (χ3n) is 3.83. The Morgan fingerprint density at radius 3 is 2.40 bits per heavy atom. The van der Waals surface area contributed by atoms with Crippen molar-refractivity contribution in [3.05, 3.63) is 88.9 Å². The lowest BCUT2D eigenvalue weighted by atomic mass is 10.2. The maximum Gasteiger partial charge on any atom is 0.124 e. The van der Waals surface area contributed by atoms with E-state index in [2.05, 4.69) is 5.32 Å². The molecule has 0 aliphatic carbocycles. The minimum Gasteiger partial charge on any atom is -0.497 e. The normalized spacial score (nSPS) is 10.3. The molecule has 0 heterocycles. The molecule has 0 fully saturated rings. The maximum absolute atomic E-state index is 6.16. The van der Waals surface area contributed by atoms with E-state index < -0.39 is 0 Å². The van der Waals surface area contributed by atoms with E-state index in [1.165, 1.54) is 0 Å². The Balaban J connectivity index is 1.67. The van der Waals surface area contributed by atoms with Crippen LogP contribution < -0.4 is 14.8 Å². The number of nitrogens with one attached hydrogen (secondary N) is 1. The van der Waals surface area contributed by atoms with Crippen molar-refractivity contribution >= 4 is 17.3 Å². The molecule has 3 nitrogen and oxygen atoms in total. The summed E-state index contributed by atoms with van der Waals surface area (Å²) in [5.74, 6) is 1.66. The Kier molecular flexibility index (Phi) is 5.81. The van der Waals surface area contributed by atoms with Gasteiger partial charge in [0.25, 0.3) is 0 Å². The molecule has 4 heteroatoms. The molecule has 0 radical (unpaired) electrons. The average Bonchev–Trinajstić information content (AvgIpc) is 2.67. The first-order valence-corrected chi connectivity index (χ1v) is 8.45. The van der Waals surface area contributed by atoms with Crippen molar-refractivity contribution in [2.24, 2.45) is 0 Å². The summed E-state index contributed by atoms with van der Waals surface area (Å²) in [6, 6.07) is 23.6. The smallest absolute Gasteiger partial charge is 0.124 e. The van der Waals surface area contributed by atoms with E-state index in [1.807, 2.05) is 72.8 Å². The first-order chi connectivity index (χ1) is 12.2. The predicted octanol–water partition coefficient (Wildman–Crippen LogP) is 5.54. The van der Waals surface area contributed by atoms with Crippen LogP contribution in [0.25, 0.3) is 0 Å². The minimum atomic E-state index is 0.526. The number of benzene rings is 3. The average molecular weight is 354 g/mol. The molecule has 0 saturated carbocycles. The number of hydrogen-bond donors (Lipinski definition) is 1. The van der Waals surface area contributed by atoms with Gasteiger partial charge in [-0.2, -0.15) is 0 Å². The van der Waals surface area contributed by atoms with Crippen molar-refractivity contribution in [2.45, 2.75) is 13.2 Å². The van der Waals surface area contributed by atoms with Gasteiger partial charge in [0.15, 0.2) is 0 Å². The van der Waals surface area contributed by atoms with E-state index in [1.54, 1.807) is 7.11 Å². The quantitative estimate of drug-likeness (QED) is 0.605. The van der Waals surface area contributed by atoms with Gasteiger partial charge in [-0.25, -0.2) is 0 Å². The fourth-order valence-corrected chi connectivity index (χ4v) is 2.66. The highest BCUT2D eigenvalue weighted by Gasteiger charge is 2.06. The molecule has 0 unspecified atom stereocenters. The topological polar surface area (TPSA) is 30.5 Å². The van der Waals surface area contributed by atoms with Crippen LogP contribution in [0.4, 0.5) is 5.69 Å². The van der Waals surface area contributed by atoms with E-state index in [4.69, 9.17) is 21.1 Å². The van der Waals surface area contributed by atoms with Gasteiger partial charge in [0, 0.05) is 22.8 Å². The molecule has 0 saturated heterocycles. The van der Waals surface area contributed by atoms with Gasteiger partial charge in [-0.1, -0.05) is 41.9 Å². The van der Waals surface area contributed by atoms with Gasteiger partial charge in [0.1, 0.15) is 18.1 Å². The first-order valence-electron chi connectivity index (χ1n) is 8.07. The summed E-state index contributed by atoms with van der Waals surface area (Å²) >= 11 is 6.16. The van der Waals surface area contributed by atoms with Crippen molar-refractivity contribution in [3.8, 4) is 11.5 Å². The van der Waals surface area contributed by atoms with Crippen molar-refractivity contribution in [1.82, 2.24) is 0 Å². The Morgan fingerprint density at radius 1 is 0.920 bits per heavy atom. The fourth-order valence-electron chi connectivity index (χ4n) is 2.47. The van der Waals surface area contributed by atoms with E-state index in [-0.39, 0.29) is 0 Å². The maximum atomic E-state index is 6.16. The van der Waals surface area contributed by atoms with Crippen molar-refractivity contribution in [2.75, 3.05) is 12.4 Å². The minimum absolute atomic E-state index is 0.526. The van der Waals surface area contributed by atoms with Gasteiger partial charge in [0.05, 0.1) is 7.11 Å². The number of hydrogen-bond acceptors (Lipinski definition) is 3. The summed E-state index contributed by atoms with van der Waals surface area (Å²) in [6.07, 6.45) is 0. The largest absolute Gasteiger partial charge is 0.497 e. The van der Waals surface area contributed by atoms with E-state index in [0.717, 1.165) is 28.3 Å². The van der Waals surface area contributed by atoms with E-state index >= 15 is 0 Å². The Hall–Kier alpha value is -2.65. The highest BCUT2D eigenvalue weighted by Crippen LogP contribution is 2.25. The summed E-state index contributed by atoms with van der Waals surface area (Å²) in [5, 5.41) is 4.08. The molecule has 0 bridgehead atoms. The summed E-state index contributed by atoms with van der Waals surface area (Å²) < 4.78 is 11.2. The highest BCUT2D eigenvalue weighted by molar-refractivity contribution is 6.30. The van der Waals surface area contributed by atoms with Crippen LogP contribution in [0, 0.1) is 0 Å². The van der Waals surface area contributed by atoms with Crippen LogP contribution in [0.2, 0.25) is 5.02 Å². The van der Waals surface area contributed by atoms with Crippen LogP contribution in [0.15, 0.2) is 72.8 Å². The van der Waals surface area contributed by atoms with Gasteiger partial charge < -0.3 is 14.8 Å². The second-order valence-corrected chi connectivity index (χ2v) is 6.04. The molecule has 0 aliphatic rings.